The van der Waals surface area contributed by atoms with Crippen molar-refractivity contribution in [3.8, 4) is 0 Å². The normalized spacial score (nSPS) is 14.7. The molecule has 1 heterocycles. The number of alkyl carbamates (subject to hydrolysis) is 1. The van der Waals surface area contributed by atoms with E-state index < -0.39 is 5.60 Å². The molecule has 2 rings (SSSR count). The highest BCUT2D eigenvalue weighted by Gasteiger charge is 2.17. The van der Waals surface area contributed by atoms with Gasteiger partial charge in [0.15, 0.2) is 0 Å². The van der Waals surface area contributed by atoms with E-state index >= 15 is 0 Å². The minimum Gasteiger partial charge on any atom is -0.444 e. The lowest BCUT2D eigenvalue weighted by molar-refractivity contribution is 0.0523. The minimum atomic E-state index is -0.457. The summed E-state index contributed by atoms with van der Waals surface area (Å²) in [6.45, 7) is 8.00. The molecule has 4 nitrogen and oxygen atoms in total. The van der Waals surface area contributed by atoms with Gasteiger partial charge in [0.25, 0.3) is 0 Å². The molecule has 4 heteroatoms. The van der Waals surface area contributed by atoms with Crippen LogP contribution in [0.3, 0.4) is 0 Å². The molecule has 0 aromatic heterocycles. The lowest BCUT2D eigenvalue weighted by atomic mass is 9.96. The van der Waals surface area contributed by atoms with E-state index in [0.717, 1.165) is 25.1 Å². The molecule has 0 spiro atoms. The zero-order valence-corrected chi connectivity index (χ0v) is 11.9. The van der Waals surface area contributed by atoms with E-state index in [1.165, 1.54) is 11.1 Å². The van der Waals surface area contributed by atoms with Crippen molar-refractivity contribution < 1.29 is 9.53 Å². The maximum atomic E-state index is 11.7. The monoisotopic (exact) mass is 262 g/mol. The van der Waals surface area contributed by atoms with Crippen LogP contribution in [-0.2, 0) is 24.2 Å². The van der Waals surface area contributed by atoms with Crippen molar-refractivity contribution in [1.29, 1.82) is 0 Å². The molecule has 1 aromatic rings. The largest absolute Gasteiger partial charge is 0.444 e. The number of hydrogen-bond donors (Lipinski definition) is 2. The second-order valence-corrected chi connectivity index (χ2v) is 5.84. The summed E-state index contributed by atoms with van der Waals surface area (Å²) in [5, 5.41) is 6.18. The molecule has 0 radical (unpaired) electrons. The van der Waals surface area contributed by atoms with E-state index in [9.17, 15) is 4.79 Å². The maximum Gasteiger partial charge on any atom is 0.407 e. The van der Waals surface area contributed by atoms with Gasteiger partial charge in [0.1, 0.15) is 5.60 Å². The molecule has 0 bridgehead atoms. The zero-order chi connectivity index (χ0) is 13.9. The van der Waals surface area contributed by atoms with Gasteiger partial charge in [0.05, 0.1) is 0 Å². The summed E-state index contributed by atoms with van der Waals surface area (Å²) in [7, 11) is 0. The molecule has 2 N–H and O–H groups in total. The van der Waals surface area contributed by atoms with Gasteiger partial charge in [0.2, 0.25) is 0 Å². The molecule has 1 amide bonds. The fraction of sp³-hybridized carbons (Fsp3) is 0.533. The van der Waals surface area contributed by atoms with E-state index in [1.54, 1.807) is 0 Å². The molecule has 0 unspecified atom stereocenters. The Morgan fingerprint density at radius 1 is 1.42 bits per heavy atom. The van der Waals surface area contributed by atoms with Gasteiger partial charge >= 0.3 is 6.09 Å². The third-order valence-corrected chi connectivity index (χ3v) is 3.07. The highest BCUT2D eigenvalue weighted by molar-refractivity contribution is 5.67. The number of fused-ring (bicyclic) bond motifs is 1. The lowest BCUT2D eigenvalue weighted by Gasteiger charge is -2.22. The van der Waals surface area contributed by atoms with Gasteiger partial charge in [-0.25, -0.2) is 4.79 Å². The van der Waals surface area contributed by atoms with Crippen molar-refractivity contribution >= 4 is 6.09 Å². The summed E-state index contributed by atoms with van der Waals surface area (Å²) in [4.78, 5) is 11.7. The van der Waals surface area contributed by atoms with E-state index in [0.29, 0.717) is 6.54 Å². The predicted octanol–water partition coefficient (Wildman–Crippen LogP) is 2.36. The first kappa shape index (κ1) is 13.9. The van der Waals surface area contributed by atoms with Crippen LogP contribution in [0.5, 0.6) is 0 Å². The second-order valence-electron chi connectivity index (χ2n) is 5.84. The third-order valence-electron chi connectivity index (χ3n) is 3.07. The van der Waals surface area contributed by atoms with Crippen molar-refractivity contribution in [3.05, 3.63) is 34.9 Å². The Bertz CT molecular complexity index is 464. The van der Waals surface area contributed by atoms with Crippen LogP contribution in [0.15, 0.2) is 18.2 Å². The van der Waals surface area contributed by atoms with Crippen LogP contribution < -0.4 is 10.6 Å². The number of carbonyl (C=O) groups excluding carboxylic acids is 1. The van der Waals surface area contributed by atoms with Crippen molar-refractivity contribution in [2.45, 2.75) is 45.9 Å². The number of carbonyl (C=O) groups is 1. The molecular formula is C15H22N2O2. The fourth-order valence-corrected chi connectivity index (χ4v) is 2.23. The molecular weight excluding hydrogens is 240 g/mol. The van der Waals surface area contributed by atoms with Crippen LogP contribution in [0.25, 0.3) is 0 Å². The summed E-state index contributed by atoms with van der Waals surface area (Å²) in [6.07, 6.45) is 0.684. The van der Waals surface area contributed by atoms with Crippen molar-refractivity contribution in [2.75, 3.05) is 6.54 Å². The molecule has 1 aliphatic rings. The van der Waals surface area contributed by atoms with Gasteiger partial charge in [-0.15, -0.1) is 0 Å². The SMILES string of the molecule is CC(C)(C)OC(=O)NCc1cccc2c1CNCC2. The Kier molecular flexibility index (Phi) is 4.10. The van der Waals surface area contributed by atoms with E-state index in [2.05, 4.69) is 28.8 Å². The Balaban J connectivity index is 1.98. The molecule has 104 valence electrons. The number of hydrogen-bond acceptors (Lipinski definition) is 3. The molecule has 1 aromatic carbocycles. The van der Waals surface area contributed by atoms with Gasteiger partial charge < -0.3 is 15.4 Å². The minimum absolute atomic E-state index is 0.367. The quantitative estimate of drug-likeness (QED) is 0.860. The first-order chi connectivity index (χ1) is 8.96. The lowest BCUT2D eigenvalue weighted by Crippen LogP contribution is -2.33. The van der Waals surface area contributed by atoms with Crippen molar-refractivity contribution in [2.24, 2.45) is 0 Å². The van der Waals surface area contributed by atoms with Crippen LogP contribution in [0.4, 0.5) is 4.79 Å². The first-order valence-electron chi connectivity index (χ1n) is 6.73. The summed E-state index contributed by atoms with van der Waals surface area (Å²) in [5.41, 5.74) is 3.39. The van der Waals surface area contributed by atoms with Gasteiger partial charge in [0, 0.05) is 13.1 Å². The van der Waals surface area contributed by atoms with E-state index in [4.69, 9.17) is 4.74 Å². The fourth-order valence-electron chi connectivity index (χ4n) is 2.23. The van der Waals surface area contributed by atoms with Gasteiger partial charge in [-0.05, 0) is 50.4 Å². The third kappa shape index (κ3) is 3.96. The zero-order valence-electron chi connectivity index (χ0n) is 11.9. The second kappa shape index (κ2) is 5.61. The summed E-state index contributed by atoms with van der Waals surface area (Å²) in [5.74, 6) is 0. The molecule has 0 aliphatic carbocycles. The van der Waals surface area contributed by atoms with E-state index in [-0.39, 0.29) is 6.09 Å². The van der Waals surface area contributed by atoms with E-state index in [1.807, 2.05) is 20.8 Å². The number of rotatable bonds is 2. The number of amides is 1. The Morgan fingerprint density at radius 3 is 2.95 bits per heavy atom. The van der Waals surface area contributed by atoms with Crippen LogP contribution in [0, 0.1) is 0 Å². The standard InChI is InChI=1S/C15H22N2O2/c1-15(2,3)19-14(18)17-9-12-6-4-5-11-7-8-16-10-13(11)12/h4-6,16H,7-10H2,1-3H3,(H,17,18). The smallest absolute Gasteiger partial charge is 0.407 e. The number of nitrogens with one attached hydrogen (secondary N) is 2. The van der Waals surface area contributed by atoms with Crippen molar-refractivity contribution in [1.82, 2.24) is 10.6 Å². The highest BCUT2D eigenvalue weighted by Crippen LogP contribution is 2.18. The molecule has 0 saturated heterocycles. The van der Waals surface area contributed by atoms with Gasteiger partial charge in [-0.2, -0.15) is 0 Å². The number of ether oxygens (including phenoxy) is 1. The van der Waals surface area contributed by atoms with Crippen LogP contribution in [0.2, 0.25) is 0 Å². The van der Waals surface area contributed by atoms with Crippen molar-refractivity contribution in [3.63, 3.8) is 0 Å². The first-order valence-corrected chi connectivity index (χ1v) is 6.73. The topological polar surface area (TPSA) is 50.4 Å². The Morgan fingerprint density at radius 2 is 2.21 bits per heavy atom. The molecule has 0 atom stereocenters. The maximum absolute atomic E-state index is 11.7. The van der Waals surface area contributed by atoms with Gasteiger partial charge in [-0.1, -0.05) is 18.2 Å². The highest BCUT2D eigenvalue weighted by atomic mass is 16.6. The van der Waals surface area contributed by atoms with Crippen LogP contribution >= 0.6 is 0 Å². The summed E-state index contributed by atoms with van der Waals surface area (Å²) < 4.78 is 5.24. The van der Waals surface area contributed by atoms with Crippen LogP contribution in [0.1, 0.15) is 37.5 Å². The molecule has 19 heavy (non-hydrogen) atoms. The van der Waals surface area contributed by atoms with Gasteiger partial charge in [-0.3, -0.25) is 0 Å². The number of benzene rings is 1. The molecule has 1 aliphatic heterocycles. The molecule has 0 saturated carbocycles. The average molecular weight is 262 g/mol. The van der Waals surface area contributed by atoms with Crippen LogP contribution in [-0.4, -0.2) is 18.2 Å². The summed E-state index contributed by atoms with van der Waals surface area (Å²) in [6, 6.07) is 6.27. The molecule has 0 fully saturated rings. The average Bonchev–Trinajstić information content (AvgIpc) is 2.34. The summed E-state index contributed by atoms with van der Waals surface area (Å²) >= 11 is 0. The Hall–Kier alpha value is -1.55. The Labute approximate surface area is 114 Å². The predicted molar refractivity (Wildman–Crippen MR) is 74.9 cm³/mol.